The minimum absolute atomic E-state index is 0.159. The van der Waals surface area contributed by atoms with Crippen LogP contribution in [0.15, 0.2) is 65.5 Å². The number of nitrogens with one attached hydrogen (secondary N) is 1. The molecule has 1 aromatic heterocycles. The molecule has 0 saturated carbocycles. The van der Waals surface area contributed by atoms with Gasteiger partial charge in [0.05, 0.1) is 12.8 Å². The molecular formula is C23H25N3O3. The van der Waals surface area contributed by atoms with Crippen LogP contribution in [0.4, 0.5) is 5.69 Å². The van der Waals surface area contributed by atoms with Gasteiger partial charge in [-0.3, -0.25) is 9.59 Å². The Morgan fingerprint density at radius 3 is 2.62 bits per heavy atom. The molecule has 0 spiro atoms. The van der Waals surface area contributed by atoms with E-state index in [-0.39, 0.29) is 18.0 Å². The lowest BCUT2D eigenvalue weighted by atomic mass is 10.1. The molecule has 0 aliphatic carbocycles. The van der Waals surface area contributed by atoms with E-state index < -0.39 is 0 Å². The molecular weight excluding hydrogens is 366 g/mol. The lowest BCUT2D eigenvalue weighted by Gasteiger charge is -2.09. The first kappa shape index (κ1) is 20.3. The van der Waals surface area contributed by atoms with E-state index in [1.807, 2.05) is 48.5 Å². The fourth-order valence-electron chi connectivity index (χ4n) is 2.97. The molecule has 0 bridgehead atoms. The Morgan fingerprint density at radius 1 is 1.10 bits per heavy atom. The largest absolute Gasteiger partial charge is 0.497 e. The standard InChI is InChI=1S/C23H25N3O3/c1-3-4-6-17-9-11-19(12-10-17)24-22(27)16-26-23(28)14-13-21(25-26)18-7-5-8-20(15-18)29-2/h5,7-15H,3-4,6,16H2,1-2H3,(H,24,27). The summed E-state index contributed by atoms with van der Waals surface area (Å²) in [7, 11) is 1.59. The molecule has 0 fully saturated rings. The van der Waals surface area contributed by atoms with Gasteiger partial charge >= 0.3 is 0 Å². The second-order valence-corrected chi connectivity index (χ2v) is 6.80. The van der Waals surface area contributed by atoms with Crippen molar-refractivity contribution >= 4 is 11.6 Å². The lowest BCUT2D eigenvalue weighted by molar-refractivity contribution is -0.117. The summed E-state index contributed by atoms with van der Waals surface area (Å²) in [4.78, 5) is 24.6. The van der Waals surface area contributed by atoms with Crippen LogP contribution in [0, 0.1) is 0 Å². The maximum absolute atomic E-state index is 12.4. The fourth-order valence-corrected chi connectivity index (χ4v) is 2.97. The van der Waals surface area contributed by atoms with E-state index >= 15 is 0 Å². The molecule has 0 atom stereocenters. The highest BCUT2D eigenvalue weighted by molar-refractivity contribution is 5.90. The van der Waals surface area contributed by atoms with Gasteiger partial charge in [-0.2, -0.15) is 5.10 Å². The molecule has 1 heterocycles. The van der Waals surface area contributed by atoms with Gasteiger partial charge in [-0.25, -0.2) is 4.68 Å². The molecule has 0 unspecified atom stereocenters. The summed E-state index contributed by atoms with van der Waals surface area (Å²) < 4.78 is 6.40. The Morgan fingerprint density at radius 2 is 1.90 bits per heavy atom. The van der Waals surface area contributed by atoms with Gasteiger partial charge in [0.15, 0.2) is 0 Å². The van der Waals surface area contributed by atoms with E-state index in [1.165, 1.54) is 16.3 Å². The number of carbonyl (C=O) groups is 1. The number of aryl methyl sites for hydroxylation is 1. The monoisotopic (exact) mass is 391 g/mol. The predicted octanol–water partition coefficient (Wildman–Crippen LogP) is 3.90. The zero-order valence-electron chi connectivity index (χ0n) is 16.7. The average molecular weight is 391 g/mol. The first-order valence-corrected chi connectivity index (χ1v) is 9.70. The summed E-state index contributed by atoms with van der Waals surface area (Å²) in [5.74, 6) is 0.394. The molecule has 1 amide bonds. The smallest absolute Gasteiger partial charge is 0.267 e. The Labute approximate surface area is 170 Å². The van der Waals surface area contributed by atoms with Crippen LogP contribution in [0.2, 0.25) is 0 Å². The second kappa shape index (κ2) is 9.68. The number of nitrogens with zero attached hydrogens (tertiary/aromatic N) is 2. The molecule has 3 aromatic rings. The van der Waals surface area contributed by atoms with Crippen LogP contribution < -0.4 is 15.6 Å². The van der Waals surface area contributed by atoms with E-state index in [2.05, 4.69) is 17.3 Å². The predicted molar refractivity (Wildman–Crippen MR) is 114 cm³/mol. The Hall–Kier alpha value is -3.41. The Bertz CT molecular complexity index is 1030. The van der Waals surface area contributed by atoms with E-state index in [9.17, 15) is 9.59 Å². The number of unbranched alkanes of at least 4 members (excludes halogenated alkanes) is 1. The molecule has 0 aliphatic rings. The highest BCUT2D eigenvalue weighted by Gasteiger charge is 2.09. The maximum atomic E-state index is 12.4. The number of benzene rings is 2. The third-order valence-corrected chi connectivity index (χ3v) is 4.58. The molecule has 150 valence electrons. The molecule has 29 heavy (non-hydrogen) atoms. The van der Waals surface area contributed by atoms with Gasteiger partial charge in [0.2, 0.25) is 5.91 Å². The summed E-state index contributed by atoms with van der Waals surface area (Å²) >= 11 is 0. The van der Waals surface area contributed by atoms with Crippen molar-refractivity contribution < 1.29 is 9.53 Å². The Balaban J connectivity index is 1.70. The quantitative estimate of drug-likeness (QED) is 0.632. The number of hydrogen-bond donors (Lipinski definition) is 1. The summed E-state index contributed by atoms with van der Waals surface area (Å²) in [6, 6.07) is 18.2. The number of anilines is 1. The van der Waals surface area contributed by atoms with Crippen LogP contribution in [-0.2, 0) is 17.8 Å². The number of methoxy groups -OCH3 is 1. The van der Waals surface area contributed by atoms with Gasteiger partial charge in [0, 0.05) is 17.3 Å². The summed E-state index contributed by atoms with van der Waals surface area (Å²) in [6.07, 6.45) is 3.32. The van der Waals surface area contributed by atoms with Gasteiger partial charge in [-0.15, -0.1) is 0 Å². The molecule has 0 aliphatic heterocycles. The normalized spacial score (nSPS) is 10.6. The number of aromatic nitrogens is 2. The van der Waals surface area contributed by atoms with Crippen LogP contribution in [0.25, 0.3) is 11.3 Å². The van der Waals surface area contributed by atoms with Crippen LogP contribution in [0.1, 0.15) is 25.3 Å². The molecule has 6 heteroatoms. The summed E-state index contributed by atoms with van der Waals surface area (Å²) in [5.41, 5.74) is 3.01. The minimum atomic E-state index is -0.332. The first-order valence-electron chi connectivity index (χ1n) is 9.70. The molecule has 0 radical (unpaired) electrons. The molecule has 3 rings (SSSR count). The Kier molecular flexibility index (Phi) is 6.79. The number of carbonyl (C=O) groups excluding carboxylic acids is 1. The number of hydrogen-bond acceptors (Lipinski definition) is 4. The van der Waals surface area contributed by atoms with Crippen molar-refractivity contribution in [1.82, 2.24) is 9.78 Å². The first-order chi connectivity index (χ1) is 14.1. The van der Waals surface area contributed by atoms with Crippen molar-refractivity contribution in [3.63, 3.8) is 0 Å². The number of rotatable bonds is 8. The van der Waals surface area contributed by atoms with Crippen molar-refractivity contribution in [2.24, 2.45) is 0 Å². The third kappa shape index (κ3) is 5.54. The topological polar surface area (TPSA) is 73.2 Å². The number of amides is 1. The van der Waals surface area contributed by atoms with Crippen LogP contribution in [-0.4, -0.2) is 22.8 Å². The minimum Gasteiger partial charge on any atom is -0.497 e. The SMILES string of the molecule is CCCCc1ccc(NC(=O)Cn2nc(-c3cccc(OC)c3)ccc2=O)cc1. The highest BCUT2D eigenvalue weighted by Crippen LogP contribution is 2.21. The third-order valence-electron chi connectivity index (χ3n) is 4.58. The van der Waals surface area contributed by atoms with Gasteiger partial charge in [-0.1, -0.05) is 37.6 Å². The van der Waals surface area contributed by atoms with E-state index in [0.29, 0.717) is 17.1 Å². The van der Waals surface area contributed by atoms with Crippen molar-refractivity contribution in [2.45, 2.75) is 32.7 Å². The zero-order chi connectivity index (χ0) is 20.6. The maximum Gasteiger partial charge on any atom is 0.267 e. The van der Waals surface area contributed by atoms with Gasteiger partial charge in [-0.05, 0) is 48.7 Å². The van der Waals surface area contributed by atoms with Crippen molar-refractivity contribution in [3.05, 3.63) is 76.6 Å². The summed E-state index contributed by atoms with van der Waals surface area (Å²) in [6.45, 7) is 2.00. The van der Waals surface area contributed by atoms with Crippen molar-refractivity contribution in [2.75, 3.05) is 12.4 Å². The van der Waals surface area contributed by atoms with Crippen LogP contribution in [0.5, 0.6) is 5.75 Å². The van der Waals surface area contributed by atoms with Crippen molar-refractivity contribution in [1.29, 1.82) is 0 Å². The number of ether oxygens (including phenoxy) is 1. The van der Waals surface area contributed by atoms with Crippen molar-refractivity contribution in [3.8, 4) is 17.0 Å². The van der Waals surface area contributed by atoms with Gasteiger partial charge in [0.1, 0.15) is 12.3 Å². The fraction of sp³-hybridized carbons (Fsp3) is 0.261. The second-order valence-electron chi connectivity index (χ2n) is 6.80. The van der Waals surface area contributed by atoms with Gasteiger partial charge < -0.3 is 10.1 Å². The average Bonchev–Trinajstić information content (AvgIpc) is 2.75. The van der Waals surface area contributed by atoms with E-state index in [4.69, 9.17) is 4.74 Å². The molecule has 1 N–H and O–H groups in total. The van der Waals surface area contributed by atoms with E-state index in [0.717, 1.165) is 24.8 Å². The summed E-state index contributed by atoms with van der Waals surface area (Å²) in [5, 5.41) is 7.15. The zero-order valence-corrected chi connectivity index (χ0v) is 16.7. The molecule has 0 saturated heterocycles. The van der Waals surface area contributed by atoms with Gasteiger partial charge in [0.25, 0.3) is 5.56 Å². The lowest BCUT2D eigenvalue weighted by Crippen LogP contribution is -2.29. The van der Waals surface area contributed by atoms with Crippen LogP contribution in [0.3, 0.4) is 0 Å². The highest BCUT2D eigenvalue weighted by atomic mass is 16.5. The molecule has 2 aromatic carbocycles. The molecule has 6 nitrogen and oxygen atoms in total. The van der Waals surface area contributed by atoms with E-state index in [1.54, 1.807) is 13.2 Å². The van der Waals surface area contributed by atoms with Crippen LogP contribution >= 0.6 is 0 Å².